The van der Waals surface area contributed by atoms with E-state index in [0.29, 0.717) is 0 Å². The molecular weight excluding hydrogens is 132 g/mol. The quantitative estimate of drug-likeness (QED) is 0.599. The van der Waals surface area contributed by atoms with Crippen LogP contribution in [0.15, 0.2) is 42.0 Å². The second-order valence-electron chi connectivity index (χ2n) is 2.59. The predicted octanol–water partition coefficient (Wildman–Crippen LogP) is 3.21. The molecule has 0 aliphatic carbocycles. The summed E-state index contributed by atoms with van der Waals surface area (Å²) in [7, 11) is 0. The van der Waals surface area contributed by atoms with Crippen molar-refractivity contribution in [1.82, 2.24) is 0 Å². The lowest BCUT2D eigenvalue weighted by Crippen LogP contribution is -1.80. The summed E-state index contributed by atoms with van der Waals surface area (Å²) in [6, 6.07) is 10.3. The first-order valence-electron chi connectivity index (χ1n) is 3.85. The van der Waals surface area contributed by atoms with Crippen molar-refractivity contribution in [2.45, 2.75) is 13.8 Å². The van der Waals surface area contributed by atoms with Gasteiger partial charge in [-0.1, -0.05) is 42.0 Å². The Labute approximate surface area is 68.6 Å². The highest BCUT2D eigenvalue weighted by atomic mass is 14.0. The summed E-state index contributed by atoms with van der Waals surface area (Å²) < 4.78 is 0. The molecule has 1 aromatic rings. The van der Waals surface area contributed by atoms with Gasteiger partial charge in [0.25, 0.3) is 0 Å². The fraction of sp³-hybridized carbons (Fsp3) is 0.182. The van der Waals surface area contributed by atoms with Gasteiger partial charge < -0.3 is 0 Å². The van der Waals surface area contributed by atoms with Crippen LogP contribution in [-0.4, -0.2) is 0 Å². The second-order valence-corrected chi connectivity index (χ2v) is 2.59. The average molecular weight is 145 g/mol. The molecule has 0 heterocycles. The van der Waals surface area contributed by atoms with Crippen molar-refractivity contribution in [2.24, 2.45) is 0 Å². The van der Waals surface area contributed by atoms with Crippen molar-refractivity contribution >= 4 is 0 Å². The van der Waals surface area contributed by atoms with E-state index in [1.54, 1.807) is 0 Å². The normalized spacial score (nSPS) is 11.6. The summed E-state index contributed by atoms with van der Waals surface area (Å²) in [6.07, 6.45) is 4.27. The molecule has 57 valence electrons. The van der Waals surface area contributed by atoms with E-state index in [4.69, 9.17) is 0 Å². The molecule has 0 N–H and O–H groups in total. The average Bonchev–Trinajstić information content (AvgIpc) is 2.06. The molecule has 1 rings (SSSR count). The van der Waals surface area contributed by atoms with E-state index in [9.17, 15) is 0 Å². The Morgan fingerprint density at radius 3 is 2.36 bits per heavy atom. The number of hydrogen-bond acceptors (Lipinski definition) is 0. The maximum atomic E-state index is 2.17. The monoisotopic (exact) mass is 145 g/mol. The van der Waals surface area contributed by atoms with Gasteiger partial charge in [-0.2, -0.15) is 0 Å². The fourth-order valence-electron chi connectivity index (χ4n) is 0.895. The Balaban J connectivity index is 2.65. The minimum absolute atomic E-state index is 1.27. The molecule has 0 atom stereocenters. The van der Waals surface area contributed by atoms with Crippen molar-refractivity contribution in [3.63, 3.8) is 0 Å². The summed E-state index contributed by atoms with van der Waals surface area (Å²) in [4.78, 5) is 0. The first-order chi connectivity index (χ1) is 5.33. The van der Waals surface area contributed by atoms with Gasteiger partial charge in [0.1, 0.15) is 0 Å². The zero-order chi connectivity index (χ0) is 8.10. The molecule has 0 bridgehead atoms. The highest BCUT2D eigenvalue weighted by molar-refractivity contribution is 5.31. The van der Waals surface area contributed by atoms with E-state index in [0.717, 1.165) is 0 Å². The molecule has 0 spiro atoms. The number of allylic oxidation sites excluding steroid dienone is 2. The number of rotatable bonds is 2. The molecule has 0 heteroatoms. The van der Waals surface area contributed by atoms with Gasteiger partial charge in [0.2, 0.25) is 0 Å². The fourth-order valence-corrected chi connectivity index (χ4v) is 0.895. The van der Waals surface area contributed by atoms with Gasteiger partial charge in [0.15, 0.2) is 0 Å². The van der Waals surface area contributed by atoms with Crippen LogP contribution >= 0.6 is 0 Å². The Kier molecular flexibility index (Phi) is 2.91. The molecule has 0 fully saturated rings. The van der Waals surface area contributed by atoms with Crippen molar-refractivity contribution in [3.05, 3.63) is 54.0 Å². The molecule has 0 nitrogen and oxygen atoms in total. The van der Waals surface area contributed by atoms with Crippen LogP contribution in [0.4, 0.5) is 0 Å². The van der Waals surface area contributed by atoms with Crippen LogP contribution in [-0.2, 0) is 0 Å². The molecule has 0 aliphatic rings. The molecule has 1 radical (unpaired) electrons. The van der Waals surface area contributed by atoms with E-state index in [1.165, 1.54) is 11.1 Å². The van der Waals surface area contributed by atoms with Crippen molar-refractivity contribution in [1.29, 1.82) is 0 Å². The molecule has 0 aliphatic heterocycles. The lowest BCUT2D eigenvalue weighted by Gasteiger charge is -1.98. The summed E-state index contributed by atoms with van der Waals surface area (Å²) in [5.41, 5.74) is 2.57. The van der Waals surface area contributed by atoms with Gasteiger partial charge in [-0.15, -0.1) is 0 Å². The standard InChI is InChI=1S/C11H13/c1-3-10(2)9-11-7-5-4-6-8-11/h3-9H,1-2H3. The summed E-state index contributed by atoms with van der Waals surface area (Å²) in [6.45, 7) is 4.15. The lowest BCUT2D eigenvalue weighted by atomic mass is 10.1. The first-order valence-corrected chi connectivity index (χ1v) is 3.85. The minimum Gasteiger partial charge on any atom is -0.0881 e. The third-order valence-corrected chi connectivity index (χ3v) is 1.65. The third-order valence-electron chi connectivity index (χ3n) is 1.65. The van der Waals surface area contributed by atoms with Gasteiger partial charge in [-0.3, -0.25) is 0 Å². The maximum absolute atomic E-state index is 2.17. The van der Waals surface area contributed by atoms with Crippen LogP contribution in [0.1, 0.15) is 19.4 Å². The molecule has 0 amide bonds. The van der Waals surface area contributed by atoms with Gasteiger partial charge >= 0.3 is 0 Å². The predicted molar refractivity (Wildman–Crippen MR) is 49.3 cm³/mol. The highest BCUT2D eigenvalue weighted by Gasteiger charge is 1.91. The largest absolute Gasteiger partial charge is 0.0881 e. The van der Waals surface area contributed by atoms with Crippen LogP contribution in [0.2, 0.25) is 0 Å². The molecule has 0 saturated heterocycles. The maximum Gasteiger partial charge on any atom is 0.0151 e. The second kappa shape index (κ2) is 3.97. The van der Waals surface area contributed by atoms with Crippen LogP contribution in [0, 0.1) is 6.42 Å². The van der Waals surface area contributed by atoms with Gasteiger partial charge in [-0.05, 0) is 19.4 Å². The van der Waals surface area contributed by atoms with E-state index in [2.05, 4.69) is 50.6 Å². The Morgan fingerprint density at radius 1 is 1.18 bits per heavy atom. The molecule has 0 unspecified atom stereocenters. The SMILES string of the molecule is CC=C(C)[CH]c1ccccc1. The topological polar surface area (TPSA) is 0 Å². The van der Waals surface area contributed by atoms with Gasteiger partial charge in [0.05, 0.1) is 0 Å². The summed E-state index contributed by atoms with van der Waals surface area (Å²) >= 11 is 0. The zero-order valence-electron chi connectivity index (χ0n) is 7.04. The summed E-state index contributed by atoms with van der Waals surface area (Å²) in [5.74, 6) is 0. The number of benzene rings is 1. The van der Waals surface area contributed by atoms with E-state index < -0.39 is 0 Å². The minimum atomic E-state index is 1.27. The molecule has 0 saturated carbocycles. The van der Waals surface area contributed by atoms with Crippen molar-refractivity contribution < 1.29 is 0 Å². The van der Waals surface area contributed by atoms with Crippen molar-refractivity contribution in [2.75, 3.05) is 0 Å². The van der Waals surface area contributed by atoms with Crippen LogP contribution in [0.5, 0.6) is 0 Å². The Hall–Kier alpha value is -1.04. The zero-order valence-corrected chi connectivity index (χ0v) is 7.04. The van der Waals surface area contributed by atoms with Crippen LogP contribution < -0.4 is 0 Å². The van der Waals surface area contributed by atoms with E-state index in [1.807, 2.05) is 6.07 Å². The number of hydrogen-bond donors (Lipinski definition) is 0. The first kappa shape index (κ1) is 8.06. The highest BCUT2D eigenvalue weighted by Crippen LogP contribution is 2.08. The lowest BCUT2D eigenvalue weighted by molar-refractivity contribution is 1.35. The third kappa shape index (κ3) is 2.58. The molecule has 11 heavy (non-hydrogen) atoms. The summed E-state index contributed by atoms with van der Waals surface area (Å²) in [5, 5.41) is 0. The van der Waals surface area contributed by atoms with Gasteiger partial charge in [0, 0.05) is 6.42 Å². The van der Waals surface area contributed by atoms with Crippen LogP contribution in [0.3, 0.4) is 0 Å². The molecular formula is C11H13. The van der Waals surface area contributed by atoms with Crippen LogP contribution in [0.25, 0.3) is 0 Å². The van der Waals surface area contributed by atoms with Crippen molar-refractivity contribution in [3.8, 4) is 0 Å². The van der Waals surface area contributed by atoms with Gasteiger partial charge in [-0.25, -0.2) is 0 Å². The van der Waals surface area contributed by atoms with E-state index in [-0.39, 0.29) is 0 Å². The Bertz CT molecular complexity index is 231. The van der Waals surface area contributed by atoms with E-state index >= 15 is 0 Å². The molecule has 1 aromatic carbocycles. The smallest absolute Gasteiger partial charge is 0.0151 e. The molecule has 0 aromatic heterocycles. The Morgan fingerprint density at radius 2 is 1.82 bits per heavy atom.